The van der Waals surface area contributed by atoms with Gasteiger partial charge in [0.05, 0.1) is 12.1 Å². The van der Waals surface area contributed by atoms with E-state index in [1.165, 1.54) is 41.6 Å². The van der Waals surface area contributed by atoms with Gasteiger partial charge in [-0.15, -0.1) is 0 Å². The van der Waals surface area contributed by atoms with E-state index in [-0.39, 0.29) is 11.6 Å². The number of amides is 2. The van der Waals surface area contributed by atoms with E-state index >= 15 is 0 Å². The molecule has 0 atom stereocenters. The van der Waals surface area contributed by atoms with Gasteiger partial charge in [-0.05, 0) is 131 Å². The van der Waals surface area contributed by atoms with Gasteiger partial charge in [-0.3, -0.25) is 9.80 Å². The molecule has 0 spiro atoms. The van der Waals surface area contributed by atoms with Crippen LogP contribution < -0.4 is 20.0 Å². The molecule has 8 heteroatoms. The first-order chi connectivity index (χ1) is 21.3. The summed E-state index contributed by atoms with van der Waals surface area (Å²) in [6, 6.07) is 12.9. The molecule has 2 amide bonds. The number of aromatic nitrogens is 2. The zero-order valence-corrected chi connectivity index (χ0v) is 26.6. The topological polar surface area (TPSA) is 67.8 Å². The first-order valence-corrected chi connectivity index (χ1v) is 16.6. The third kappa shape index (κ3) is 4.64. The molecule has 6 aliphatic rings. The molecule has 1 saturated heterocycles. The van der Waals surface area contributed by atoms with Gasteiger partial charge in [0, 0.05) is 55.0 Å². The van der Waals surface area contributed by atoms with Crippen LogP contribution in [0.3, 0.4) is 0 Å². The first-order valence-electron chi connectivity index (χ1n) is 16.6. The largest absolute Gasteiger partial charge is 0.369 e. The highest BCUT2D eigenvalue weighted by Gasteiger charge is 2.57. The Morgan fingerprint density at radius 3 is 2.16 bits per heavy atom. The fraction of sp³-hybridized carbons (Fsp3) is 0.528. The molecule has 4 saturated carbocycles. The van der Waals surface area contributed by atoms with E-state index in [2.05, 4.69) is 84.2 Å². The van der Waals surface area contributed by atoms with Crippen LogP contribution in [0, 0.1) is 38.5 Å². The lowest BCUT2D eigenvalue weighted by atomic mass is 9.52. The minimum Gasteiger partial charge on any atom is -0.369 e. The third-order valence-electron chi connectivity index (χ3n) is 11.6. The van der Waals surface area contributed by atoms with E-state index in [1.807, 2.05) is 11.1 Å². The predicted octanol–water partition coefficient (Wildman–Crippen LogP) is 6.81. The van der Waals surface area contributed by atoms with Crippen molar-refractivity contribution in [1.29, 1.82) is 0 Å². The molecule has 4 bridgehead atoms. The second-order valence-corrected chi connectivity index (χ2v) is 14.5. The Bertz CT molecular complexity index is 1560. The molecular formula is C36H45N7O. The number of nitrogens with zero attached hydrogens (tertiary/aromatic N) is 6. The van der Waals surface area contributed by atoms with Crippen molar-refractivity contribution < 1.29 is 4.79 Å². The number of anilines is 5. The van der Waals surface area contributed by atoms with Gasteiger partial charge < -0.3 is 15.1 Å². The summed E-state index contributed by atoms with van der Waals surface area (Å²) in [5.41, 5.74) is 7.74. The summed E-state index contributed by atoms with van der Waals surface area (Å²) in [4.78, 5) is 33.7. The molecule has 3 aromatic rings. The molecule has 9 rings (SSSR count). The lowest BCUT2D eigenvalue weighted by molar-refractivity contribution is -0.000908. The Labute approximate surface area is 261 Å². The van der Waals surface area contributed by atoms with Gasteiger partial charge in [0.2, 0.25) is 5.95 Å². The Morgan fingerprint density at radius 1 is 0.841 bits per heavy atom. The standard InChI is InChI=1S/C36H45N7O/c1-23-5-10-32(25(3)24(23)2)42-22-29-21-37-34(38-30-6-8-31(9-7-30)41-13-11-40(4)12-14-41)39-33(29)43(35(42)44)36-18-26-15-27(19-36)17-28(16-26)20-36/h5-10,21,26-28H,11-20,22H2,1-4H3,(H,37,38,39). The van der Waals surface area contributed by atoms with Crippen molar-refractivity contribution in [2.75, 3.05) is 53.2 Å². The van der Waals surface area contributed by atoms with E-state index in [1.54, 1.807) is 0 Å². The van der Waals surface area contributed by atoms with Crippen molar-refractivity contribution in [2.45, 2.75) is 71.4 Å². The number of carbonyl (C=O) groups is 1. The van der Waals surface area contributed by atoms with Crippen LogP contribution in [0.5, 0.6) is 0 Å². The number of hydrogen-bond acceptors (Lipinski definition) is 6. The molecule has 1 N–H and O–H groups in total. The van der Waals surface area contributed by atoms with Crippen LogP contribution in [0.2, 0.25) is 0 Å². The summed E-state index contributed by atoms with van der Waals surface area (Å²) in [6.45, 7) is 11.2. The van der Waals surface area contributed by atoms with E-state index < -0.39 is 0 Å². The minimum atomic E-state index is -0.164. The summed E-state index contributed by atoms with van der Waals surface area (Å²) in [5.74, 6) is 3.51. The summed E-state index contributed by atoms with van der Waals surface area (Å²) in [6.07, 6.45) is 9.20. The smallest absolute Gasteiger partial charge is 0.331 e. The average molecular weight is 592 g/mol. The van der Waals surface area contributed by atoms with Crippen LogP contribution in [0.15, 0.2) is 42.6 Å². The summed E-state index contributed by atoms with van der Waals surface area (Å²) < 4.78 is 0. The lowest BCUT2D eigenvalue weighted by Gasteiger charge is -2.61. The Morgan fingerprint density at radius 2 is 1.50 bits per heavy atom. The van der Waals surface area contributed by atoms with E-state index in [4.69, 9.17) is 9.97 Å². The van der Waals surface area contributed by atoms with Crippen molar-refractivity contribution in [1.82, 2.24) is 14.9 Å². The summed E-state index contributed by atoms with van der Waals surface area (Å²) in [7, 11) is 2.18. The highest BCUT2D eigenvalue weighted by Crippen LogP contribution is 2.59. The minimum absolute atomic E-state index is 0.0759. The number of urea groups is 1. The van der Waals surface area contributed by atoms with Crippen molar-refractivity contribution in [3.63, 3.8) is 0 Å². The number of aryl methyl sites for hydroxylation is 1. The number of benzene rings is 2. The van der Waals surface area contributed by atoms with Gasteiger partial charge in [-0.1, -0.05) is 6.07 Å². The molecule has 1 aromatic heterocycles. The van der Waals surface area contributed by atoms with Crippen LogP contribution in [0.4, 0.5) is 33.6 Å². The van der Waals surface area contributed by atoms with Crippen molar-refractivity contribution in [2.24, 2.45) is 17.8 Å². The fourth-order valence-electron chi connectivity index (χ4n) is 9.35. The molecule has 2 aliphatic heterocycles. The zero-order valence-electron chi connectivity index (χ0n) is 26.6. The Hall–Kier alpha value is -3.65. The van der Waals surface area contributed by atoms with Crippen molar-refractivity contribution in [3.8, 4) is 0 Å². The third-order valence-corrected chi connectivity index (χ3v) is 11.6. The van der Waals surface area contributed by atoms with Gasteiger partial charge >= 0.3 is 6.03 Å². The monoisotopic (exact) mass is 591 g/mol. The average Bonchev–Trinajstić information content (AvgIpc) is 3.00. The Balaban J connectivity index is 1.14. The van der Waals surface area contributed by atoms with E-state index in [9.17, 15) is 4.79 Å². The summed E-state index contributed by atoms with van der Waals surface area (Å²) >= 11 is 0. The lowest BCUT2D eigenvalue weighted by Crippen LogP contribution is -2.65. The maximum atomic E-state index is 14.8. The number of likely N-dealkylation sites (N-methyl/N-ethyl adjacent to an activating group) is 1. The van der Waals surface area contributed by atoms with Gasteiger partial charge in [0.15, 0.2) is 0 Å². The normalized spacial score (nSPS) is 28.0. The second-order valence-electron chi connectivity index (χ2n) is 14.5. The SMILES string of the molecule is Cc1ccc(N2Cc3cnc(Nc4ccc(N5CCN(C)CC5)cc4)nc3N(C34CC5CC(CC(C5)C3)C4)C2=O)c(C)c1C. The van der Waals surface area contributed by atoms with Crippen LogP contribution in [0.25, 0.3) is 0 Å². The predicted molar refractivity (Wildman–Crippen MR) is 177 cm³/mol. The number of hydrogen-bond donors (Lipinski definition) is 1. The molecule has 0 radical (unpaired) electrons. The zero-order chi connectivity index (χ0) is 30.2. The maximum Gasteiger partial charge on any atom is 0.331 e. The fourth-order valence-corrected chi connectivity index (χ4v) is 9.35. The molecule has 230 valence electrons. The molecule has 0 unspecified atom stereocenters. The van der Waals surface area contributed by atoms with Crippen LogP contribution >= 0.6 is 0 Å². The molecule has 4 aliphatic carbocycles. The van der Waals surface area contributed by atoms with Crippen LogP contribution in [-0.2, 0) is 6.54 Å². The molecule has 44 heavy (non-hydrogen) atoms. The van der Waals surface area contributed by atoms with Crippen molar-refractivity contribution >= 4 is 34.9 Å². The number of nitrogens with one attached hydrogen (secondary N) is 1. The van der Waals surface area contributed by atoms with Gasteiger partial charge in [-0.2, -0.15) is 4.98 Å². The second kappa shape index (κ2) is 10.5. The van der Waals surface area contributed by atoms with E-state index in [0.29, 0.717) is 12.5 Å². The van der Waals surface area contributed by atoms with Gasteiger partial charge in [-0.25, -0.2) is 9.78 Å². The van der Waals surface area contributed by atoms with Crippen LogP contribution in [-0.4, -0.2) is 59.7 Å². The molecule has 3 heterocycles. The first kappa shape index (κ1) is 27.9. The van der Waals surface area contributed by atoms with Gasteiger partial charge in [0.1, 0.15) is 5.82 Å². The Kier molecular flexibility index (Phi) is 6.63. The number of rotatable bonds is 5. The van der Waals surface area contributed by atoms with Crippen LogP contribution in [0.1, 0.15) is 60.8 Å². The molecular weight excluding hydrogens is 546 g/mol. The summed E-state index contributed by atoms with van der Waals surface area (Å²) in [5, 5.41) is 3.47. The number of fused-ring (bicyclic) bond motifs is 1. The highest BCUT2D eigenvalue weighted by atomic mass is 16.2. The molecule has 8 nitrogen and oxygen atoms in total. The van der Waals surface area contributed by atoms with Crippen molar-refractivity contribution in [3.05, 3.63) is 64.8 Å². The van der Waals surface area contributed by atoms with E-state index in [0.717, 1.165) is 86.0 Å². The highest BCUT2D eigenvalue weighted by molar-refractivity contribution is 6.07. The number of piperazine rings is 1. The van der Waals surface area contributed by atoms with Gasteiger partial charge in [0.25, 0.3) is 0 Å². The molecule has 2 aromatic carbocycles. The molecule has 5 fully saturated rings. The maximum absolute atomic E-state index is 14.8. The quantitative estimate of drug-likeness (QED) is 0.352. The number of carbonyl (C=O) groups excluding carboxylic acids is 1.